The van der Waals surface area contributed by atoms with E-state index in [1.807, 2.05) is 9.80 Å². The van der Waals surface area contributed by atoms with Crippen LogP contribution in [0.25, 0.3) is 0 Å². The van der Waals surface area contributed by atoms with Gasteiger partial charge < -0.3 is 10.0 Å². The molecule has 8 heteroatoms. The van der Waals surface area contributed by atoms with E-state index in [1.165, 1.54) is 12.1 Å². The average molecular weight is 398 g/mol. The normalized spacial score (nSPS) is 25.5. The second kappa shape index (κ2) is 8.11. The Kier molecular flexibility index (Phi) is 5.98. The average Bonchev–Trinajstić information content (AvgIpc) is 3.43. The zero-order valence-electron chi connectivity index (χ0n) is 15.8. The first kappa shape index (κ1) is 20.6. The Balaban J connectivity index is 1.55. The molecule has 2 aliphatic rings. The predicted molar refractivity (Wildman–Crippen MR) is 96.8 cm³/mol. The third-order valence-corrected chi connectivity index (χ3v) is 5.79. The third kappa shape index (κ3) is 4.84. The molecule has 2 fully saturated rings. The van der Waals surface area contributed by atoms with Crippen molar-refractivity contribution in [2.45, 2.75) is 43.8 Å². The first-order valence-electron chi connectivity index (χ1n) is 9.55. The van der Waals surface area contributed by atoms with Gasteiger partial charge in [0.15, 0.2) is 0 Å². The number of hydrogen-bond acceptors (Lipinski definition) is 3. The summed E-state index contributed by atoms with van der Waals surface area (Å²) < 4.78 is 38.1. The molecule has 3 rings (SSSR count). The van der Waals surface area contributed by atoms with Gasteiger partial charge in [0, 0.05) is 25.0 Å². The highest BCUT2D eigenvalue weighted by molar-refractivity contribution is 5.83. The Morgan fingerprint density at radius 2 is 1.86 bits per heavy atom. The van der Waals surface area contributed by atoms with Gasteiger partial charge in [-0.3, -0.25) is 14.5 Å². The number of alkyl halides is 3. The molecule has 1 heterocycles. The maximum Gasteiger partial charge on any atom is 0.416 e. The molecular formula is C20H25F3N2O3. The molecule has 1 N–H and O–H groups in total. The zero-order chi connectivity index (χ0) is 20.5. The lowest BCUT2D eigenvalue weighted by Gasteiger charge is -2.25. The molecule has 1 aliphatic carbocycles. The number of carbonyl (C=O) groups excluding carboxylic acids is 1. The van der Waals surface area contributed by atoms with Crippen LogP contribution in [0.15, 0.2) is 24.3 Å². The van der Waals surface area contributed by atoms with Crippen LogP contribution in [0.1, 0.15) is 42.7 Å². The first-order valence-corrected chi connectivity index (χ1v) is 9.55. The van der Waals surface area contributed by atoms with Crippen molar-refractivity contribution in [3.63, 3.8) is 0 Å². The van der Waals surface area contributed by atoms with Crippen LogP contribution in [0, 0.1) is 5.92 Å². The van der Waals surface area contributed by atoms with Crippen LogP contribution in [-0.2, 0) is 15.8 Å². The van der Waals surface area contributed by atoms with E-state index in [0.717, 1.165) is 37.0 Å². The van der Waals surface area contributed by atoms with Crippen molar-refractivity contribution in [2.75, 3.05) is 26.7 Å². The highest BCUT2D eigenvalue weighted by Gasteiger charge is 2.46. The van der Waals surface area contributed by atoms with Crippen LogP contribution in [0.5, 0.6) is 0 Å². The summed E-state index contributed by atoms with van der Waals surface area (Å²) in [6, 6.07) is 5.23. The molecule has 0 spiro atoms. The predicted octanol–water partition coefficient (Wildman–Crippen LogP) is 3.21. The second-order valence-corrected chi connectivity index (χ2v) is 7.79. The van der Waals surface area contributed by atoms with Gasteiger partial charge in [-0.1, -0.05) is 12.1 Å². The SMILES string of the molecule is CN(CC(=O)O)[C@@H]1CCCN(C(=O)[C@H]2C[C@@H]2c2ccc(C(F)(F)F)cc2)CC1. The van der Waals surface area contributed by atoms with Crippen molar-refractivity contribution in [1.82, 2.24) is 9.80 Å². The molecule has 1 amide bonds. The molecule has 28 heavy (non-hydrogen) atoms. The number of rotatable bonds is 5. The van der Waals surface area contributed by atoms with E-state index < -0.39 is 17.7 Å². The van der Waals surface area contributed by atoms with Gasteiger partial charge in [-0.15, -0.1) is 0 Å². The van der Waals surface area contributed by atoms with Crippen LogP contribution in [0.4, 0.5) is 13.2 Å². The minimum atomic E-state index is -4.35. The van der Waals surface area contributed by atoms with Crippen molar-refractivity contribution in [2.24, 2.45) is 5.92 Å². The van der Waals surface area contributed by atoms with E-state index in [2.05, 4.69) is 0 Å². The summed E-state index contributed by atoms with van der Waals surface area (Å²) in [5, 5.41) is 8.94. The molecule has 154 valence electrons. The molecule has 5 nitrogen and oxygen atoms in total. The van der Waals surface area contributed by atoms with Gasteiger partial charge in [0.25, 0.3) is 0 Å². The second-order valence-electron chi connectivity index (χ2n) is 7.79. The van der Waals surface area contributed by atoms with Gasteiger partial charge in [0.2, 0.25) is 5.91 Å². The lowest BCUT2D eigenvalue weighted by Crippen LogP contribution is -2.37. The first-order chi connectivity index (χ1) is 13.2. The number of likely N-dealkylation sites (tertiary alicyclic amines) is 1. The highest BCUT2D eigenvalue weighted by Crippen LogP contribution is 2.49. The molecule has 0 unspecified atom stereocenters. The van der Waals surface area contributed by atoms with E-state index >= 15 is 0 Å². The largest absolute Gasteiger partial charge is 0.480 e. The summed E-state index contributed by atoms with van der Waals surface area (Å²) in [5.74, 6) is -0.975. The summed E-state index contributed by atoms with van der Waals surface area (Å²) in [6.45, 7) is 1.22. The van der Waals surface area contributed by atoms with E-state index in [-0.39, 0.29) is 30.3 Å². The Morgan fingerprint density at radius 3 is 2.46 bits per heavy atom. The zero-order valence-corrected chi connectivity index (χ0v) is 15.8. The van der Waals surface area contributed by atoms with E-state index in [1.54, 1.807) is 7.05 Å². The fourth-order valence-electron chi connectivity index (χ4n) is 4.07. The Bertz CT molecular complexity index is 720. The molecule has 0 bridgehead atoms. The van der Waals surface area contributed by atoms with Crippen LogP contribution in [0.3, 0.4) is 0 Å². The van der Waals surface area contributed by atoms with Crippen LogP contribution in [-0.4, -0.2) is 59.5 Å². The Labute approximate surface area is 162 Å². The highest BCUT2D eigenvalue weighted by atomic mass is 19.4. The number of carboxylic acid groups (broad SMARTS) is 1. The lowest BCUT2D eigenvalue weighted by atomic mass is 10.1. The number of aliphatic carboxylic acids is 1. The Hall–Kier alpha value is -2.09. The Morgan fingerprint density at radius 1 is 1.18 bits per heavy atom. The van der Waals surface area contributed by atoms with Crippen molar-refractivity contribution in [1.29, 1.82) is 0 Å². The standard InChI is InChI=1S/C20H25F3N2O3/c1-24(12-18(26)27)15-3-2-9-25(10-8-15)19(28)17-11-16(17)13-4-6-14(7-5-13)20(21,22)23/h4-7,15-17H,2-3,8-12H2,1H3,(H,26,27)/t15-,16-,17+/m1/s1. The minimum absolute atomic E-state index is 0.0106. The lowest BCUT2D eigenvalue weighted by molar-refractivity contribution is -0.139. The monoisotopic (exact) mass is 398 g/mol. The molecule has 1 saturated carbocycles. The molecule has 0 radical (unpaired) electrons. The third-order valence-electron chi connectivity index (χ3n) is 5.79. The van der Waals surface area contributed by atoms with Crippen molar-refractivity contribution >= 4 is 11.9 Å². The molecule has 0 aromatic heterocycles. The van der Waals surface area contributed by atoms with E-state index in [9.17, 15) is 22.8 Å². The van der Waals surface area contributed by atoms with Gasteiger partial charge in [-0.2, -0.15) is 13.2 Å². The quantitative estimate of drug-likeness (QED) is 0.828. The van der Waals surface area contributed by atoms with Gasteiger partial charge in [-0.25, -0.2) is 0 Å². The molecule has 1 aromatic rings. The fourth-order valence-corrected chi connectivity index (χ4v) is 4.07. The van der Waals surface area contributed by atoms with Crippen LogP contribution >= 0.6 is 0 Å². The molecule has 3 atom stereocenters. The minimum Gasteiger partial charge on any atom is -0.480 e. The number of hydrogen-bond donors (Lipinski definition) is 1. The van der Waals surface area contributed by atoms with Gasteiger partial charge >= 0.3 is 12.1 Å². The fraction of sp³-hybridized carbons (Fsp3) is 0.600. The van der Waals surface area contributed by atoms with Crippen molar-refractivity contribution in [3.8, 4) is 0 Å². The number of nitrogens with zero attached hydrogens (tertiary/aromatic N) is 2. The van der Waals surface area contributed by atoms with Gasteiger partial charge in [0.05, 0.1) is 12.1 Å². The van der Waals surface area contributed by atoms with Gasteiger partial charge in [-0.05, 0) is 56.3 Å². The summed E-state index contributed by atoms with van der Waals surface area (Å²) in [4.78, 5) is 27.4. The van der Waals surface area contributed by atoms with Crippen molar-refractivity contribution in [3.05, 3.63) is 35.4 Å². The summed E-state index contributed by atoms with van der Waals surface area (Å²) in [6.07, 6.45) is -1.29. The summed E-state index contributed by atoms with van der Waals surface area (Å²) in [7, 11) is 1.79. The molecule has 1 aromatic carbocycles. The van der Waals surface area contributed by atoms with Gasteiger partial charge in [0.1, 0.15) is 0 Å². The molecule has 1 saturated heterocycles. The van der Waals surface area contributed by atoms with Crippen LogP contribution in [0.2, 0.25) is 0 Å². The maximum atomic E-state index is 12.8. The topological polar surface area (TPSA) is 60.9 Å². The number of carboxylic acids is 1. The number of carbonyl (C=O) groups is 2. The number of benzene rings is 1. The summed E-state index contributed by atoms with van der Waals surface area (Å²) in [5.41, 5.74) is 0.101. The van der Waals surface area contributed by atoms with Crippen molar-refractivity contribution < 1.29 is 27.9 Å². The number of likely N-dealkylation sites (N-methyl/N-ethyl adjacent to an activating group) is 1. The smallest absolute Gasteiger partial charge is 0.416 e. The number of halogens is 3. The number of amides is 1. The maximum absolute atomic E-state index is 12.8. The molecular weight excluding hydrogens is 373 g/mol. The van der Waals surface area contributed by atoms with Crippen LogP contribution < -0.4 is 0 Å². The van der Waals surface area contributed by atoms with E-state index in [0.29, 0.717) is 19.5 Å². The molecule has 1 aliphatic heterocycles. The van der Waals surface area contributed by atoms with E-state index in [4.69, 9.17) is 5.11 Å². The summed E-state index contributed by atoms with van der Waals surface area (Å²) >= 11 is 0.